The van der Waals surface area contributed by atoms with Crippen LogP contribution in [0.2, 0.25) is 0 Å². The van der Waals surface area contributed by atoms with E-state index in [9.17, 15) is 20.2 Å². The van der Waals surface area contributed by atoms with E-state index in [2.05, 4.69) is 0 Å². The molecule has 0 aliphatic rings. The Morgan fingerprint density at radius 1 is 0.750 bits per heavy atom. The predicted octanol–water partition coefficient (Wildman–Crippen LogP) is 4.34. The van der Waals surface area contributed by atoms with Gasteiger partial charge in [0.1, 0.15) is 0 Å². The van der Waals surface area contributed by atoms with Gasteiger partial charge in [-0.25, -0.2) is 0 Å². The fourth-order valence-corrected chi connectivity index (χ4v) is 2.87. The SMILES string of the molecule is N[C@@H](CN(c1ccc([N+](=O)[O-])cc1)c1ccc([N+](=O)[O-])cc1)c1ccccc1. The largest absolute Gasteiger partial charge is 0.340 e. The molecule has 1 atom stereocenters. The van der Waals surface area contributed by atoms with Crippen molar-refractivity contribution < 1.29 is 9.85 Å². The average Bonchev–Trinajstić information content (AvgIpc) is 2.72. The molecule has 0 fully saturated rings. The minimum Gasteiger partial charge on any atom is -0.340 e. The Hall–Kier alpha value is -3.78. The van der Waals surface area contributed by atoms with Gasteiger partial charge in [-0.2, -0.15) is 0 Å². The molecule has 0 saturated carbocycles. The number of non-ortho nitro benzene ring substituents is 2. The van der Waals surface area contributed by atoms with Gasteiger partial charge in [-0.1, -0.05) is 30.3 Å². The topological polar surface area (TPSA) is 116 Å². The van der Waals surface area contributed by atoms with Gasteiger partial charge < -0.3 is 10.6 Å². The summed E-state index contributed by atoms with van der Waals surface area (Å²) in [7, 11) is 0. The van der Waals surface area contributed by atoms with Gasteiger partial charge >= 0.3 is 0 Å². The Labute approximate surface area is 161 Å². The molecule has 0 spiro atoms. The van der Waals surface area contributed by atoms with E-state index in [-0.39, 0.29) is 17.4 Å². The first kappa shape index (κ1) is 19.0. The number of nitrogens with two attached hydrogens (primary N) is 1. The van der Waals surface area contributed by atoms with Crippen molar-refractivity contribution in [1.29, 1.82) is 0 Å². The molecule has 0 amide bonds. The molecule has 0 heterocycles. The zero-order valence-electron chi connectivity index (χ0n) is 14.8. The number of benzene rings is 3. The zero-order valence-corrected chi connectivity index (χ0v) is 14.8. The molecule has 3 aromatic carbocycles. The maximum Gasteiger partial charge on any atom is 0.269 e. The van der Waals surface area contributed by atoms with Crippen molar-refractivity contribution >= 4 is 22.7 Å². The Balaban J connectivity index is 1.95. The molecule has 0 aliphatic carbocycles. The second-order valence-electron chi connectivity index (χ2n) is 6.17. The molecule has 8 nitrogen and oxygen atoms in total. The Bertz CT molecular complexity index is 902. The summed E-state index contributed by atoms with van der Waals surface area (Å²) in [6, 6.07) is 21.4. The van der Waals surface area contributed by atoms with Crippen LogP contribution in [0.5, 0.6) is 0 Å². The van der Waals surface area contributed by atoms with Crippen molar-refractivity contribution in [2.75, 3.05) is 11.4 Å². The monoisotopic (exact) mass is 378 g/mol. The third-order valence-corrected chi connectivity index (χ3v) is 4.35. The molecule has 0 radical (unpaired) electrons. The van der Waals surface area contributed by atoms with E-state index in [1.807, 2.05) is 35.2 Å². The Morgan fingerprint density at radius 3 is 1.57 bits per heavy atom. The van der Waals surface area contributed by atoms with Gasteiger partial charge in [-0.15, -0.1) is 0 Å². The van der Waals surface area contributed by atoms with Gasteiger partial charge in [-0.3, -0.25) is 20.2 Å². The zero-order chi connectivity index (χ0) is 20.1. The predicted molar refractivity (Wildman–Crippen MR) is 107 cm³/mol. The first-order chi connectivity index (χ1) is 13.5. The second kappa shape index (κ2) is 8.28. The molecular weight excluding hydrogens is 360 g/mol. The summed E-state index contributed by atoms with van der Waals surface area (Å²) in [6.07, 6.45) is 0. The van der Waals surface area contributed by atoms with Crippen LogP contribution < -0.4 is 10.6 Å². The van der Waals surface area contributed by atoms with E-state index in [1.165, 1.54) is 24.3 Å². The standard InChI is InChI=1S/C20H18N4O4/c21-20(15-4-2-1-3-5-15)14-22(16-6-10-18(11-7-16)23(25)26)17-8-12-19(13-9-17)24(27)28/h1-13,20H,14,21H2/t20-/m0/s1. The smallest absolute Gasteiger partial charge is 0.269 e. The number of anilines is 2. The van der Waals surface area contributed by atoms with E-state index in [0.717, 1.165) is 5.56 Å². The first-order valence-corrected chi connectivity index (χ1v) is 8.52. The fourth-order valence-electron chi connectivity index (χ4n) is 2.87. The van der Waals surface area contributed by atoms with E-state index >= 15 is 0 Å². The summed E-state index contributed by atoms with van der Waals surface area (Å²) in [5.41, 5.74) is 8.68. The minimum absolute atomic E-state index is 0.0141. The molecule has 142 valence electrons. The lowest BCUT2D eigenvalue weighted by Gasteiger charge is -2.28. The molecule has 0 unspecified atom stereocenters. The van der Waals surface area contributed by atoms with E-state index in [4.69, 9.17) is 5.73 Å². The highest BCUT2D eigenvalue weighted by Gasteiger charge is 2.17. The van der Waals surface area contributed by atoms with Gasteiger partial charge in [0.15, 0.2) is 0 Å². The van der Waals surface area contributed by atoms with Gasteiger partial charge in [0.25, 0.3) is 11.4 Å². The van der Waals surface area contributed by atoms with Crippen LogP contribution in [0.4, 0.5) is 22.7 Å². The Kier molecular flexibility index (Phi) is 5.61. The lowest BCUT2D eigenvalue weighted by molar-refractivity contribution is -0.385. The highest BCUT2D eigenvalue weighted by Crippen LogP contribution is 2.30. The third-order valence-electron chi connectivity index (χ3n) is 4.35. The van der Waals surface area contributed by atoms with Gasteiger partial charge in [0, 0.05) is 48.2 Å². The molecule has 2 N–H and O–H groups in total. The maximum absolute atomic E-state index is 10.9. The number of nitro benzene ring substituents is 2. The van der Waals surface area contributed by atoms with E-state index < -0.39 is 9.85 Å². The molecule has 8 heteroatoms. The summed E-state index contributed by atoms with van der Waals surface area (Å²) in [4.78, 5) is 22.8. The van der Waals surface area contributed by atoms with Crippen molar-refractivity contribution in [2.45, 2.75) is 6.04 Å². The quantitative estimate of drug-likeness (QED) is 0.483. The normalized spacial score (nSPS) is 11.6. The summed E-state index contributed by atoms with van der Waals surface area (Å²) in [5.74, 6) is 0. The summed E-state index contributed by atoms with van der Waals surface area (Å²) in [6.45, 7) is 0.389. The molecule has 0 aliphatic heterocycles. The molecule has 0 aromatic heterocycles. The first-order valence-electron chi connectivity index (χ1n) is 8.52. The molecular formula is C20H18N4O4. The fraction of sp³-hybridized carbons (Fsp3) is 0.100. The summed E-state index contributed by atoms with van der Waals surface area (Å²) >= 11 is 0. The number of hydrogen-bond acceptors (Lipinski definition) is 6. The van der Waals surface area contributed by atoms with Crippen molar-refractivity contribution in [3.8, 4) is 0 Å². The van der Waals surface area contributed by atoms with Crippen LogP contribution in [0.3, 0.4) is 0 Å². The van der Waals surface area contributed by atoms with Crippen LogP contribution in [-0.2, 0) is 0 Å². The minimum atomic E-state index is -0.463. The molecule has 3 rings (SSSR count). The highest BCUT2D eigenvalue weighted by atomic mass is 16.6. The van der Waals surface area contributed by atoms with E-state index in [0.29, 0.717) is 17.9 Å². The molecule has 28 heavy (non-hydrogen) atoms. The number of nitro groups is 2. The lowest BCUT2D eigenvalue weighted by Crippen LogP contribution is -2.28. The van der Waals surface area contributed by atoms with Crippen LogP contribution >= 0.6 is 0 Å². The van der Waals surface area contributed by atoms with Crippen LogP contribution in [-0.4, -0.2) is 16.4 Å². The maximum atomic E-state index is 10.9. The Morgan fingerprint density at radius 2 is 1.18 bits per heavy atom. The van der Waals surface area contributed by atoms with Gasteiger partial charge in [0.05, 0.1) is 9.85 Å². The van der Waals surface area contributed by atoms with Crippen LogP contribution in [0.25, 0.3) is 0 Å². The van der Waals surface area contributed by atoms with Crippen molar-refractivity contribution in [1.82, 2.24) is 0 Å². The summed E-state index contributed by atoms with van der Waals surface area (Å²) < 4.78 is 0. The number of rotatable bonds is 7. The van der Waals surface area contributed by atoms with Crippen LogP contribution in [0, 0.1) is 20.2 Å². The van der Waals surface area contributed by atoms with Crippen LogP contribution in [0.1, 0.15) is 11.6 Å². The molecule has 0 bridgehead atoms. The third kappa shape index (κ3) is 4.30. The second-order valence-corrected chi connectivity index (χ2v) is 6.17. The van der Waals surface area contributed by atoms with Crippen molar-refractivity contribution in [2.24, 2.45) is 5.73 Å². The van der Waals surface area contributed by atoms with Gasteiger partial charge in [-0.05, 0) is 29.8 Å². The van der Waals surface area contributed by atoms with Crippen LogP contribution in [0.15, 0.2) is 78.9 Å². The van der Waals surface area contributed by atoms with Crippen molar-refractivity contribution in [3.05, 3.63) is 105 Å². The molecule has 3 aromatic rings. The van der Waals surface area contributed by atoms with E-state index in [1.54, 1.807) is 24.3 Å². The average molecular weight is 378 g/mol. The van der Waals surface area contributed by atoms with Gasteiger partial charge in [0.2, 0.25) is 0 Å². The number of nitrogens with zero attached hydrogens (tertiary/aromatic N) is 3. The number of hydrogen-bond donors (Lipinski definition) is 1. The van der Waals surface area contributed by atoms with Crippen molar-refractivity contribution in [3.63, 3.8) is 0 Å². The highest BCUT2D eigenvalue weighted by molar-refractivity contribution is 5.65. The summed E-state index contributed by atoms with van der Waals surface area (Å²) in [5, 5.41) is 21.8. The lowest BCUT2D eigenvalue weighted by atomic mass is 10.1. The molecule has 0 saturated heterocycles.